The lowest BCUT2D eigenvalue weighted by molar-refractivity contribution is -0.138. The molecule has 1 aromatic carbocycles. The largest absolute Gasteiger partial charge is 0.494 e. The van der Waals surface area contributed by atoms with Crippen molar-refractivity contribution in [3.05, 3.63) is 42.9 Å². The van der Waals surface area contributed by atoms with E-state index < -0.39 is 23.2 Å². The van der Waals surface area contributed by atoms with Crippen LogP contribution in [0.1, 0.15) is 60.3 Å². The zero-order valence-electron chi connectivity index (χ0n) is 28.8. The van der Waals surface area contributed by atoms with E-state index in [0.29, 0.717) is 53.4 Å². The van der Waals surface area contributed by atoms with Crippen LogP contribution in [-0.2, 0) is 19.1 Å². The zero-order valence-corrected chi connectivity index (χ0v) is 28.8. The van der Waals surface area contributed by atoms with E-state index in [1.54, 1.807) is 51.0 Å². The number of fused-ring (bicyclic) bond motifs is 1. The average Bonchev–Trinajstić information content (AvgIpc) is 3.53. The molecule has 0 radical (unpaired) electrons. The average molecular weight is 663 g/mol. The lowest BCUT2D eigenvalue weighted by atomic mass is 9.88. The number of benzene rings is 1. The number of anilines is 3. The van der Waals surface area contributed by atoms with E-state index in [9.17, 15) is 19.2 Å². The van der Waals surface area contributed by atoms with Gasteiger partial charge in [-0.1, -0.05) is 19.9 Å². The summed E-state index contributed by atoms with van der Waals surface area (Å²) in [7, 11) is 3.09. The fourth-order valence-electron chi connectivity index (χ4n) is 5.26. The van der Waals surface area contributed by atoms with Gasteiger partial charge in [-0.2, -0.15) is 0 Å². The van der Waals surface area contributed by atoms with Crippen LogP contribution in [-0.4, -0.2) is 94.0 Å². The van der Waals surface area contributed by atoms with E-state index >= 15 is 0 Å². The molecule has 48 heavy (non-hydrogen) atoms. The van der Waals surface area contributed by atoms with Gasteiger partial charge in [0.25, 0.3) is 0 Å². The van der Waals surface area contributed by atoms with E-state index in [0.717, 1.165) is 0 Å². The van der Waals surface area contributed by atoms with Gasteiger partial charge in [0.05, 0.1) is 18.3 Å². The molecule has 1 aliphatic rings. The smallest absolute Gasteiger partial charge is 0.410 e. The molecule has 3 aromatic rings. The van der Waals surface area contributed by atoms with Crippen LogP contribution in [0.25, 0.3) is 10.9 Å². The molecule has 0 saturated carbocycles. The van der Waals surface area contributed by atoms with Crippen molar-refractivity contribution >= 4 is 52.0 Å². The second-order valence-corrected chi connectivity index (χ2v) is 13.6. The molecule has 1 atom stereocenters. The minimum Gasteiger partial charge on any atom is -0.494 e. The van der Waals surface area contributed by atoms with Crippen molar-refractivity contribution in [2.75, 3.05) is 44.4 Å². The first kappa shape index (κ1) is 35.8. The molecule has 0 spiro atoms. The topological polar surface area (TPSA) is 168 Å². The van der Waals surface area contributed by atoms with Crippen molar-refractivity contribution in [3.63, 3.8) is 0 Å². The Kier molecular flexibility index (Phi) is 11.4. The SMILES string of the molecule is COc1cc2ncnc(Nc3ccccn3)c2cc1NC(=O)C1CCCN1C(=O)CC(C)(C)CNC(=O)CCN(C)C(=O)OC(C)(C)C. The number of rotatable bonds is 12. The Morgan fingerprint density at radius 2 is 1.83 bits per heavy atom. The monoisotopic (exact) mass is 662 g/mol. The van der Waals surface area contributed by atoms with Crippen LogP contribution in [0.4, 0.5) is 22.1 Å². The van der Waals surface area contributed by atoms with Crippen LogP contribution in [0, 0.1) is 5.41 Å². The molecule has 1 aliphatic heterocycles. The van der Waals surface area contributed by atoms with Crippen molar-refractivity contribution in [2.45, 2.75) is 71.9 Å². The fraction of sp³-hybridized carbons (Fsp3) is 0.500. The summed E-state index contributed by atoms with van der Waals surface area (Å²) in [5.41, 5.74) is -0.166. The highest BCUT2D eigenvalue weighted by atomic mass is 16.6. The highest BCUT2D eigenvalue weighted by Gasteiger charge is 2.36. The lowest BCUT2D eigenvalue weighted by Gasteiger charge is -2.30. The summed E-state index contributed by atoms with van der Waals surface area (Å²) in [5.74, 6) is 0.805. The number of carbonyl (C=O) groups is 4. The Labute approximate surface area is 281 Å². The Morgan fingerprint density at radius 3 is 2.52 bits per heavy atom. The number of hydrogen-bond acceptors (Lipinski definition) is 10. The van der Waals surface area contributed by atoms with Gasteiger partial charge < -0.3 is 35.2 Å². The van der Waals surface area contributed by atoms with Gasteiger partial charge in [-0.05, 0) is 57.2 Å². The van der Waals surface area contributed by atoms with Crippen LogP contribution in [0.3, 0.4) is 0 Å². The minimum atomic E-state index is -0.662. The standard InChI is InChI=1S/C34H46N8O6/c1-33(2,3)48-32(46)41(6)16-13-28(43)36-20-34(4,5)19-29(44)42-15-10-11-25(42)31(45)39-24-17-22-23(18-26(24)47-7)37-21-38-30(22)40-27-12-8-9-14-35-27/h8-9,12,14,17-18,21,25H,10-11,13,15-16,19-20H2,1-7H3,(H,36,43)(H,39,45)(H,35,37,38,40). The molecule has 3 N–H and O–H groups in total. The number of carbonyl (C=O) groups excluding carboxylic acids is 4. The van der Waals surface area contributed by atoms with Crippen molar-refractivity contribution in [1.82, 2.24) is 30.1 Å². The molecular formula is C34H46N8O6. The molecular weight excluding hydrogens is 616 g/mol. The predicted octanol–water partition coefficient (Wildman–Crippen LogP) is 4.50. The summed E-state index contributed by atoms with van der Waals surface area (Å²) in [6.45, 7) is 10.0. The Morgan fingerprint density at radius 1 is 1.06 bits per heavy atom. The van der Waals surface area contributed by atoms with E-state index in [1.165, 1.54) is 18.3 Å². The van der Waals surface area contributed by atoms with Gasteiger partial charge in [0.2, 0.25) is 17.7 Å². The summed E-state index contributed by atoms with van der Waals surface area (Å²) in [6.07, 6.45) is 4.04. The van der Waals surface area contributed by atoms with Gasteiger partial charge in [0.15, 0.2) is 0 Å². The second kappa shape index (κ2) is 15.3. The Hall–Kier alpha value is -5.01. The summed E-state index contributed by atoms with van der Waals surface area (Å²) in [4.78, 5) is 67.8. The van der Waals surface area contributed by atoms with Gasteiger partial charge in [-0.3, -0.25) is 14.4 Å². The van der Waals surface area contributed by atoms with Crippen molar-refractivity contribution in [2.24, 2.45) is 5.41 Å². The van der Waals surface area contributed by atoms with Gasteiger partial charge in [-0.15, -0.1) is 0 Å². The number of methoxy groups -OCH3 is 1. The number of nitrogens with zero attached hydrogens (tertiary/aromatic N) is 5. The minimum absolute atomic E-state index is 0.0964. The number of nitrogens with one attached hydrogen (secondary N) is 3. The first-order valence-corrected chi connectivity index (χ1v) is 16.0. The second-order valence-electron chi connectivity index (χ2n) is 13.6. The molecule has 2 aromatic heterocycles. The molecule has 1 fully saturated rings. The van der Waals surface area contributed by atoms with Crippen LogP contribution in [0.15, 0.2) is 42.9 Å². The molecule has 0 bridgehead atoms. The maximum Gasteiger partial charge on any atom is 0.410 e. The summed E-state index contributed by atoms with van der Waals surface area (Å²) >= 11 is 0. The summed E-state index contributed by atoms with van der Waals surface area (Å²) < 4.78 is 10.9. The number of pyridine rings is 1. The molecule has 14 nitrogen and oxygen atoms in total. The highest BCUT2D eigenvalue weighted by Crippen LogP contribution is 2.34. The van der Waals surface area contributed by atoms with Crippen LogP contribution >= 0.6 is 0 Å². The van der Waals surface area contributed by atoms with E-state index in [4.69, 9.17) is 9.47 Å². The third-order valence-electron chi connectivity index (χ3n) is 7.77. The molecule has 0 aliphatic carbocycles. The van der Waals surface area contributed by atoms with Gasteiger partial charge >= 0.3 is 6.09 Å². The zero-order chi connectivity index (χ0) is 35.1. The van der Waals surface area contributed by atoms with Crippen LogP contribution in [0.5, 0.6) is 5.75 Å². The summed E-state index contributed by atoms with van der Waals surface area (Å²) in [6, 6.07) is 8.29. The molecule has 3 heterocycles. The highest BCUT2D eigenvalue weighted by molar-refractivity contribution is 6.02. The fourth-order valence-corrected chi connectivity index (χ4v) is 5.26. The van der Waals surface area contributed by atoms with Crippen LogP contribution < -0.4 is 20.7 Å². The van der Waals surface area contributed by atoms with Crippen molar-refractivity contribution in [1.29, 1.82) is 0 Å². The van der Waals surface area contributed by atoms with Crippen molar-refractivity contribution < 1.29 is 28.7 Å². The van der Waals surface area contributed by atoms with Gasteiger partial charge in [-0.25, -0.2) is 19.7 Å². The molecule has 1 unspecified atom stereocenters. The number of aromatic nitrogens is 3. The first-order valence-electron chi connectivity index (χ1n) is 16.0. The molecule has 4 amide bonds. The normalized spacial score (nSPS) is 14.7. The van der Waals surface area contributed by atoms with Crippen LogP contribution in [0.2, 0.25) is 0 Å². The summed E-state index contributed by atoms with van der Waals surface area (Å²) in [5, 5.41) is 9.68. The van der Waals surface area contributed by atoms with E-state index in [2.05, 4.69) is 30.9 Å². The Bertz CT molecular complexity index is 1630. The lowest BCUT2D eigenvalue weighted by Crippen LogP contribution is -2.45. The predicted molar refractivity (Wildman–Crippen MR) is 182 cm³/mol. The number of ether oxygens (including phenoxy) is 2. The molecule has 1 saturated heterocycles. The maximum absolute atomic E-state index is 13.6. The van der Waals surface area contributed by atoms with Crippen molar-refractivity contribution in [3.8, 4) is 5.75 Å². The van der Waals surface area contributed by atoms with E-state index in [1.807, 2.05) is 32.0 Å². The maximum atomic E-state index is 13.6. The molecule has 4 rings (SSSR count). The first-order chi connectivity index (χ1) is 22.7. The quantitative estimate of drug-likeness (QED) is 0.251. The van der Waals surface area contributed by atoms with Gasteiger partial charge in [0, 0.05) is 57.2 Å². The molecule has 258 valence electrons. The van der Waals surface area contributed by atoms with E-state index in [-0.39, 0.29) is 43.7 Å². The third-order valence-corrected chi connectivity index (χ3v) is 7.77. The molecule has 14 heteroatoms. The number of amides is 4. The number of likely N-dealkylation sites (tertiary alicyclic amines) is 1. The third kappa shape index (κ3) is 9.75. The number of hydrogen-bond donors (Lipinski definition) is 3. The Balaban J connectivity index is 1.36. The van der Waals surface area contributed by atoms with Gasteiger partial charge in [0.1, 0.15) is 35.4 Å².